The van der Waals surface area contributed by atoms with Gasteiger partial charge in [0.05, 0.1) is 12.0 Å². The van der Waals surface area contributed by atoms with Gasteiger partial charge in [0, 0.05) is 23.6 Å². The highest BCUT2D eigenvalue weighted by Gasteiger charge is 2.17. The number of aryl methyl sites for hydroxylation is 1. The molecule has 0 aliphatic heterocycles. The smallest absolute Gasteiger partial charge is 0.264 e. The molecule has 0 spiro atoms. The molecule has 0 saturated carbocycles. The monoisotopic (exact) mass is 353 g/mol. The first-order chi connectivity index (χ1) is 9.52. The molecule has 0 bridgehead atoms. The lowest BCUT2D eigenvalue weighted by Crippen LogP contribution is -2.26. The number of amides is 1. The van der Waals surface area contributed by atoms with Crippen LogP contribution in [0.4, 0.5) is 0 Å². The predicted molar refractivity (Wildman–Crippen MR) is 85.5 cm³/mol. The minimum Gasteiger partial charge on any atom is -0.496 e. The Labute approximate surface area is 131 Å². The molecule has 0 unspecified atom stereocenters. The molecule has 0 atom stereocenters. The molecule has 1 heterocycles. The third-order valence-electron chi connectivity index (χ3n) is 3.05. The number of hydrogen-bond donors (Lipinski definition) is 0. The van der Waals surface area contributed by atoms with E-state index in [9.17, 15) is 4.79 Å². The zero-order valence-electron chi connectivity index (χ0n) is 11.6. The van der Waals surface area contributed by atoms with E-state index in [0.29, 0.717) is 6.54 Å². The first kappa shape index (κ1) is 15.1. The molecule has 106 valence electrons. The normalized spacial score (nSPS) is 10.4. The van der Waals surface area contributed by atoms with E-state index >= 15 is 0 Å². The lowest BCUT2D eigenvalue weighted by Gasteiger charge is -2.19. The van der Waals surface area contributed by atoms with Crippen LogP contribution in [0.3, 0.4) is 0 Å². The van der Waals surface area contributed by atoms with Crippen molar-refractivity contribution in [3.05, 3.63) is 50.1 Å². The second-order valence-corrected chi connectivity index (χ2v) is 6.38. The molecular formula is C15H16BrNO2S. The number of ether oxygens (including phenoxy) is 1. The van der Waals surface area contributed by atoms with Crippen LogP contribution in [-0.2, 0) is 6.54 Å². The SMILES string of the molecule is COc1ccc(Br)cc1CN(C)C(=O)c1sccc1C. The Kier molecular flexibility index (Phi) is 4.83. The molecule has 0 aliphatic carbocycles. The zero-order chi connectivity index (χ0) is 14.7. The molecule has 0 saturated heterocycles. The molecule has 1 aromatic heterocycles. The first-order valence-electron chi connectivity index (χ1n) is 6.15. The second-order valence-electron chi connectivity index (χ2n) is 4.55. The van der Waals surface area contributed by atoms with E-state index in [2.05, 4.69) is 15.9 Å². The molecule has 1 amide bonds. The lowest BCUT2D eigenvalue weighted by molar-refractivity contribution is 0.0788. The van der Waals surface area contributed by atoms with Crippen molar-refractivity contribution in [2.24, 2.45) is 0 Å². The van der Waals surface area contributed by atoms with Crippen LogP contribution in [-0.4, -0.2) is 25.0 Å². The van der Waals surface area contributed by atoms with Crippen molar-refractivity contribution < 1.29 is 9.53 Å². The van der Waals surface area contributed by atoms with E-state index in [-0.39, 0.29) is 5.91 Å². The topological polar surface area (TPSA) is 29.5 Å². The summed E-state index contributed by atoms with van der Waals surface area (Å²) in [5.41, 5.74) is 2.00. The minimum atomic E-state index is 0.0412. The van der Waals surface area contributed by atoms with E-state index in [0.717, 1.165) is 26.2 Å². The van der Waals surface area contributed by atoms with Gasteiger partial charge in [-0.15, -0.1) is 11.3 Å². The van der Waals surface area contributed by atoms with Crippen LogP contribution >= 0.6 is 27.3 Å². The number of benzene rings is 1. The number of nitrogens with zero attached hydrogens (tertiary/aromatic N) is 1. The van der Waals surface area contributed by atoms with Gasteiger partial charge in [-0.25, -0.2) is 0 Å². The largest absolute Gasteiger partial charge is 0.496 e. The van der Waals surface area contributed by atoms with Crippen molar-refractivity contribution in [1.29, 1.82) is 0 Å². The van der Waals surface area contributed by atoms with Gasteiger partial charge < -0.3 is 9.64 Å². The zero-order valence-corrected chi connectivity index (χ0v) is 14.0. The van der Waals surface area contributed by atoms with E-state index in [1.54, 1.807) is 12.0 Å². The molecule has 5 heteroatoms. The van der Waals surface area contributed by atoms with E-state index < -0.39 is 0 Å². The maximum Gasteiger partial charge on any atom is 0.264 e. The predicted octanol–water partition coefficient (Wildman–Crippen LogP) is 4.10. The summed E-state index contributed by atoms with van der Waals surface area (Å²) >= 11 is 4.92. The van der Waals surface area contributed by atoms with Gasteiger partial charge in [0.1, 0.15) is 5.75 Å². The van der Waals surface area contributed by atoms with Gasteiger partial charge in [-0.05, 0) is 42.1 Å². The Morgan fingerprint density at radius 1 is 1.40 bits per heavy atom. The minimum absolute atomic E-state index is 0.0412. The van der Waals surface area contributed by atoms with Crippen molar-refractivity contribution in [1.82, 2.24) is 4.90 Å². The van der Waals surface area contributed by atoms with Crippen LogP contribution in [0.25, 0.3) is 0 Å². The highest BCUT2D eigenvalue weighted by molar-refractivity contribution is 9.10. The highest BCUT2D eigenvalue weighted by atomic mass is 79.9. The fourth-order valence-electron chi connectivity index (χ4n) is 1.96. The molecule has 0 radical (unpaired) electrons. The van der Waals surface area contributed by atoms with E-state index in [4.69, 9.17) is 4.74 Å². The number of methoxy groups -OCH3 is 1. The van der Waals surface area contributed by atoms with Crippen LogP contribution in [0, 0.1) is 6.92 Å². The molecule has 0 fully saturated rings. The second kappa shape index (κ2) is 6.41. The number of rotatable bonds is 4. The Bertz CT molecular complexity index is 624. The molecule has 0 N–H and O–H groups in total. The summed E-state index contributed by atoms with van der Waals surface area (Å²) in [5.74, 6) is 0.829. The Hall–Kier alpha value is -1.33. The number of carbonyl (C=O) groups excluding carboxylic acids is 1. The van der Waals surface area contributed by atoms with Crippen molar-refractivity contribution in [3.63, 3.8) is 0 Å². The number of halogens is 1. The van der Waals surface area contributed by atoms with E-state index in [1.165, 1.54) is 11.3 Å². The van der Waals surface area contributed by atoms with Crippen molar-refractivity contribution >= 4 is 33.2 Å². The van der Waals surface area contributed by atoms with Crippen LogP contribution < -0.4 is 4.74 Å². The fraction of sp³-hybridized carbons (Fsp3) is 0.267. The quantitative estimate of drug-likeness (QED) is 0.827. The number of carbonyl (C=O) groups is 1. The van der Waals surface area contributed by atoms with Crippen LogP contribution in [0.5, 0.6) is 5.75 Å². The van der Waals surface area contributed by atoms with Gasteiger partial charge >= 0.3 is 0 Å². The summed E-state index contributed by atoms with van der Waals surface area (Å²) in [6.45, 7) is 2.47. The number of hydrogen-bond acceptors (Lipinski definition) is 3. The molecule has 0 aliphatic rings. The molecule has 2 rings (SSSR count). The molecule has 3 nitrogen and oxygen atoms in total. The van der Waals surface area contributed by atoms with Gasteiger partial charge in [-0.2, -0.15) is 0 Å². The number of thiophene rings is 1. The van der Waals surface area contributed by atoms with Gasteiger partial charge in [0.25, 0.3) is 5.91 Å². The average molecular weight is 354 g/mol. The van der Waals surface area contributed by atoms with Crippen molar-refractivity contribution in [2.45, 2.75) is 13.5 Å². The van der Waals surface area contributed by atoms with E-state index in [1.807, 2.05) is 43.6 Å². The van der Waals surface area contributed by atoms with Gasteiger partial charge in [0.2, 0.25) is 0 Å². The summed E-state index contributed by atoms with van der Waals surface area (Å²) < 4.78 is 6.31. The molecular weight excluding hydrogens is 338 g/mol. The summed E-state index contributed by atoms with van der Waals surface area (Å²) in [5, 5.41) is 1.94. The first-order valence-corrected chi connectivity index (χ1v) is 7.82. The van der Waals surface area contributed by atoms with Crippen LogP contribution in [0.1, 0.15) is 20.8 Å². The van der Waals surface area contributed by atoms with Gasteiger partial charge in [-0.1, -0.05) is 15.9 Å². The molecule has 1 aromatic carbocycles. The maximum atomic E-state index is 12.4. The maximum absolute atomic E-state index is 12.4. The van der Waals surface area contributed by atoms with Crippen LogP contribution in [0.2, 0.25) is 0 Å². The van der Waals surface area contributed by atoms with Crippen molar-refractivity contribution in [3.8, 4) is 5.75 Å². The standard InChI is InChI=1S/C15H16BrNO2S/c1-10-6-7-20-14(10)15(18)17(2)9-11-8-12(16)4-5-13(11)19-3/h4-8H,9H2,1-3H3. The van der Waals surface area contributed by atoms with Gasteiger partial charge in [0.15, 0.2) is 0 Å². The summed E-state index contributed by atoms with van der Waals surface area (Å²) in [4.78, 5) is 14.9. The van der Waals surface area contributed by atoms with Gasteiger partial charge in [-0.3, -0.25) is 4.79 Å². The lowest BCUT2D eigenvalue weighted by atomic mass is 10.2. The third kappa shape index (κ3) is 3.22. The average Bonchev–Trinajstić information content (AvgIpc) is 2.84. The summed E-state index contributed by atoms with van der Waals surface area (Å²) in [7, 11) is 3.44. The molecule has 20 heavy (non-hydrogen) atoms. The fourth-order valence-corrected chi connectivity index (χ4v) is 3.29. The Balaban J connectivity index is 2.20. The highest BCUT2D eigenvalue weighted by Crippen LogP contribution is 2.25. The molecule has 2 aromatic rings. The Morgan fingerprint density at radius 2 is 2.15 bits per heavy atom. The third-order valence-corrected chi connectivity index (χ3v) is 4.55. The Morgan fingerprint density at radius 3 is 2.75 bits per heavy atom. The van der Waals surface area contributed by atoms with Crippen molar-refractivity contribution in [2.75, 3.05) is 14.2 Å². The summed E-state index contributed by atoms with van der Waals surface area (Å²) in [6.07, 6.45) is 0. The van der Waals surface area contributed by atoms with Crippen LogP contribution in [0.15, 0.2) is 34.1 Å². The summed E-state index contributed by atoms with van der Waals surface area (Å²) in [6, 6.07) is 7.76.